The van der Waals surface area contributed by atoms with Crippen LogP contribution in [0.2, 0.25) is 0 Å². The lowest BCUT2D eigenvalue weighted by atomic mass is 9.85. The van der Waals surface area contributed by atoms with Crippen molar-refractivity contribution in [1.29, 1.82) is 0 Å². The minimum atomic E-state index is -0.128. The molecule has 0 aromatic carbocycles. The molecule has 0 radical (unpaired) electrons. The molecular formula is C9H19NO2. The third-order valence-corrected chi connectivity index (χ3v) is 2.96. The summed E-state index contributed by atoms with van der Waals surface area (Å²) in [6.07, 6.45) is 1.09. The van der Waals surface area contributed by atoms with Gasteiger partial charge in [0.15, 0.2) is 0 Å². The topological polar surface area (TPSA) is 41.5 Å². The van der Waals surface area contributed by atoms with E-state index in [2.05, 4.69) is 19.2 Å². The highest BCUT2D eigenvalue weighted by Crippen LogP contribution is 2.29. The minimum Gasteiger partial charge on any atom is -0.395 e. The maximum Gasteiger partial charge on any atom is 0.0666 e. The Bertz CT molecular complexity index is 147. The lowest BCUT2D eigenvalue weighted by Crippen LogP contribution is -2.43. The van der Waals surface area contributed by atoms with E-state index in [9.17, 15) is 0 Å². The Balaban J connectivity index is 2.60. The first kappa shape index (κ1) is 9.96. The second-order valence-corrected chi connectivity index (χ2v) is 3.95. The molecule has 3 nitrogen and oxygen atoms in total. The summed E-state index contributed by atoms with van der Waals surface area (Å²) in [6, 6.07) is 0.208. The Morgan fingerprint density at radius 3 is 2.75 bits per heavy atom. The molecule has 2 atom stereocenters. The van der Waals surface area contributed by atoms with Crippen molar-refractivity contribution in [2.45, 2.75) is 31.9 Å². The number of nitrogens with one attached hydrogen (secondary N) is 1. The van der Waals surface area contributed by atoms with Crippen LogP contribution in [-0.2, 0) is 4.74 Å². The van der Waals surface area contributed by atoms with Gasteiger partial charge < -0.3 is 15.2 Å². The number of hydrogen-bond acceptors (Lipinski definition) is 3. The lowest BCUT2D eigenvalue weighted by molar-refractivity contribution is -0.0371. The van der Waals surface area contributed by atoms with Crippen LogP contribution in [0.4, 0.5) is 0 Å². The lowest BCUT2D eigenvalue weighted by Gasteiger charge is -2.33. The summed E-state index contributed by atoms with van der Waals surface area (Å²) in [4.78, 5) is 0. The summed E-state index contributed by atoms with van der Waals surface area (Å²) in [5.41, 5.74) is -0.128. The van der Waals surface area contributed by atoms with Crippen molar-refractivity contribution in [3.8, 4) is 0 Å². The van der Waals surface area contributed by atoms with Gasteiger partial charge in [-0.2, -0.15) is 0 Å². The zero-order valence-electron chi connectivity index (χ0n) is 8.13. The van der Waals surface area contributed by atoms with E-state index in [4.69, 9.17) is 9.84 Å². The van der Waals surface area contributed by atoms with Crippen molar-refractivity contribution in [3.05, 3.63) is 0 Å². The second-order valence-electron chi connectivity index (χ2n) is 3.95. The fourth-order valence-electron chi connectivity index (χ4n) is 1.94. The number of ether oxygens (including phenoxy) is 1. The molecule has 0 amide bonds. The van der Waals surface area contributed by atoms with E-state index in [-0.39, 0.29) is 18.2 Å². The number of aliphatic hydroxyl groups is 1. The number of rotatable bonds is 3. The van der Waals surface area contributed by atoms with Crippen LogP contribution in [-0.4, -0.2) is 37.0 Å². The molecule has 0 bridgehead atoms. The van der Waals surface area contributed by atoms with E-state index in [1.165, 1.54) is 0 Å². The van der Waals surface area contributed by atoms with Gasteiger partial charge in [-0.15, -0.1) is 0 Å². The average molecular weight is 173 g/mol. The highest BCUT2D eigenvalue weighted by Gasteiger charge is 2.38. The van der Waals surface area contributed by atoms with Gasteiger partial charge in [-0.1, -0.05) is 0 Å². The zero-order chi connectivity index (χ0) is 9.19. The Hall–Kier alpha value is -0.120. The summed E-state index contributed by atoms with van der Waals surface area (Å²) in [6.45, 7) is 5.35. The summed E-state index contributed by atoms with van der Waals surface area (Å²) in [5, 5.41) is 12.3. The van der Waals surface area contributed by atoms with E-state index < -0.39 is 0 Å². The maximum absolute atomic E-state index is 9.08. The molecule has 0 aliphatic carbocycles. The van der Waals surface area contributed by atoms with E-state index in [1.807, 2.05) is 0 Å². The van der Waals surface area contributed by atoms with Gasteiger partial charge >= 0.3 is 0 Å². The molecule has 72 valence electrons. The Morgan fingerprint density at radius 1 is 1.58 bits per heavy atom. The molecule has 1 saturated heterocycles. The fourth-order valence-corrected chi connectivity index (χ4v) is 1.94. The van der Waals surface area contributed by atoms with Gasteiger partial charge in [0.05, 0.1) is 12.2 Å². The highest BCUT2D eigenvalue weighted by atomic mass is 16.5. The van der Waals surface area contributed by atoms with Crippen LogP contribution in [0, 0.1) is 5.92 Å². The molecule has 1 aliphatic rings. The van der Waals surface area contributed by atoms with Crippen molar-refractivity contribution in [1.82, 2.24) is 5.32 Å². The van der Waals surface area contributed by atoms with Gasteiger partial charge in [0.2, 0.25) is 0 Å². The first-order chi connectivity index (χ1) is 5.61. The maximum atomic E-state index is 9.08. The highest BCUT2D eigenvalue weighted by molar-refractivity contribution is 4.93. The molecule has 1 rings (SSSR count). The average Bonchev–Trinajstić information content (AvgIpc) is 2.52. The van der Waals surface area contributed by atoms with Gasteiger partial charge in [-0.25, -0.2) is 0 Å². The van der Waals surface area contributed by atoms with Crippen LogP contribution < -0.4 is 5.32 Å². The zero-order valence-corrected chi connectivity index (χ0v) is 8.13. The van der Waals surface area contributed by atoms with Crippen LogP contribution in [0.1, 0.15) is 20.3 Å². The number of methoxy groups -OCH3 is 1. The van der Waals surface area contributed by atoms with E-state index in [1.54, 1.807) is 7.11 Å². The van der Waals surface area contributed by atoms with E-state index in [0.717, 1.165) is 13.0 Å². The Kier molecular flexibility index (Phi) is 3.09. The quantitative estimate of drug-likeness (QED) is 0.648. The molecule has 12 heavy (non-hydrogen) atoms. The molecule has 0 aromatic rings. The van der Waals surface area contributed by atoms with Gasteiger partial charge in [0.1, 0.15) is 0 Å². The number of hydrogen-bond donors (Lipinski definition) is 2. The van der Waals surface area contributed by atoms with Crippen molar-refractivity contribution < 1.29 is 9.84 Å². The smallest absolute Gasteiger partial charge is 0.0666 e. The second kappa shape index (κ2) is 3.73. The molecule has 1 fully saturated rings. The molecule has 3 heteroatoms. The van der Waals surface area contributed by atoms with Crippen LogP contribution >= 0.6 is 0 Å². The fraction of sp³-hybridized carbons (Fsp3) is 1.00. The summed E-state index contributed by atoms with van der Waals surface area (Å²) in [7, 11) is 1.73. The molecule has 1 heterocycles. The molecule has 2 N–H and O–H groups in total. The standard InChI is InChI=1S/C9H19NO2/c1-9(2,12-3)7-4-5-10-8(7)6-11/h7-8,10-11H,4-6H2,1-3H3. The third-order valence-electron chi connectivity index (χ3n) is 2.96. The van der Waals surface area contributed by atoms with Crippen molar-refractivity contribution >= 4 is 0 Å². The summed E-state index contributed by atoms with van der Waals surface area (Å²) >= 11 is 0. The van der Waals surface area contributed by atoms with E-state index >= 15 is 0 Å². The van der Waals surface area contributed by atoms with Gasteiger partial charge in [0, 0.05) is 19.1 Å². The summed E-state index contributed by atoms with van der Waals surface area (Å²) < 4.78 is 5.40. The summed E-state index contributed by atoms with van der Waals surface area (Å²) in [5.74, 6) is 0.424. The van der Waals surface area contributed by atoms with Crippen LogP contribution in [0.3, 0.4) is 0 Å². The third kappa shape index (κ3) is 1.79. The monoisotopic (exact) mass is 173 g/mol. The van der Waals surface area contributed by atoms with E-state index in [0.29, 0.717) is 5.92 Å². The molecule has 0 aromatic heterocycles. The predicted molar refractivity (Wildman–Crippen MR) is 48.1 cm³/mol. The first-order valence-corrected chi connectivity index (χ1v) is 4.51. The van der Waals surface area contributed by atoms with Crippen molar-refractivity contribution in [2.75, 3.05) is 20.3 Å². The molecule has 1 aliphatic heterocycles. The van der Waals surface area contributed by atoms with Crippen molar-refractivity contribution in [3.63, 3.8) is 0 Å². The van der Waals surface area contributed by atoms with Gasteiger partial charge in [-0.05, 0) is 26.8 Å². The minimum absolute atomic E-state index is 0.128. The number of aliphatic hydroxyl groups excluding tert-OH is 1. The Labute approximate surface area is 74.1 Å². The predicted octanol–water partition coefficient (Wildman–Crippen LogP) is 0.382. The van der Waals surface area contributed by atoms with Gasteiger partial charge in [-0.3, -0.25) is 0 Å². The SMILES string of the molecule is COC(C)(C)C1CCNC1CO. The van der Waals surface area contributed by atoms with Crippen molar-refractivity contribution in [2.24, 2.45) is 5.92 Å². The molecule has 0 saturated carbocycles. The normalized spacial score (nSPS) is 31.0. The molecule has 2 unspecified atom stereocenters. The van der Waals surface area contributed by atoms with Crippen LogP contribution in [0.5, 0.6) is 0 Å². The van der Waals surface area contributed by atoms with Crippen LogP contribution in [0.25, 0.3) is 0 Å². The van der Waals surface area contributed by atoms with Crippen LogP contribution in [0.15, 0.2) is 0 Å². The van der Waals surface area contributed by atoms with Gasteiger partial charge in [0.25, 0.3) is 0 Å². The molecule has 0 spiro atoms. The molecular weight excluding hydrogens is 154 g/mol. The first-order valence-electron chi connectivity index (χ1n) is 4.51. The largest absolute Gasteiger partial charge is 0.395 e. The Morgan fingerprint density at radius 2 is 2.25 bits per heavy atom.